The van der Waals surface area contributed by atoms with Crippen molar-refractivity contribution in [2.45, 2.75) is 0 Å². The number of halogens is 1. The molecule has 2 aromatic rings. The van der Waals surface area contributed by atoms with Gasteiger partial charge in [-0.2, -0.15) is 0 Å². The minimum Gasteiger partial charge on any atom is -0.504 e. The molecule has 0 atom stereocenters. The first-order chi connectivity index (χ1) is 5.29. The maximum atomic E-state index is 9.38. The number of oxazole rings is 1. The van der Waals surface area contributed by atoms with E-state index in [0.717, 1.165) is 0 Å². The highest BCUT2D eigenvalue weighted by Gasteiger charge is 2.06. The lowest BCUT2D eigenvalue weighted by Gasteiger charge is -1.93. The number of aromatic nitrogens is 1. The largest absolute Gasteiger partial charge is 0.504 e. The van der Waals surface area contributed by atoms with Gasteiger partial charge in [-0.25, -0.2) is 4.98 Å². The summed E-state index contributed by atoms with van der Waals surface area (Å²) in [4.78, 5) is 3.83. The first kappa shape index (κ1) is 6.67. The number of benzene rings is 1. The molecule has 1 aromatic heterocycles. The Bertz CT molecular complexity index is 396. The summed E-state index contributed by atoms with van der Waals surface area (Å²) in [6.45, 7) is 0. The fourth-order valence-electron chi connectivity index (χ4n) is 0.892. The number of fused-ring (bicyclic) bond motifs is 1. The summed E-state index contributed by atoms with van der Waals surface area (Å²) in [7, 11) is 0. The van der Waals surface area contributed by atoms with E-state index in [1.165, 1.54) is 6.39 Å². The molecule has 0 amide bonds. The zero-order valence-electron chi connectivity index (χ0n) is 5.41. The molecule has 11 heavy (non-hydrogen) atoms. The zero-order chi connectivity index (χ0) is 7.84. The summed E-state index contributed by atoms with van der Waals surface area (Å²) in [5.41, 5.74) is 1.07. The number of hydrogen-bond donors (Lipinski definition) is 1. The van der Waals surface area contributed by atoms with Crippen molar-refractivity contribution < 1.29 is 9.52 Å². The second kappa shape index (κ2) is 2.23. The Hall–Kier alpha value is -1.03. The van der Waals surface area contributed by atoms with E-state index in [9.17, 15) is 5.11 Å². The van der Waals surface area contributed by atoms with Crippen LogP contribution >= 0.6 is 15.9 Å². The van der Waals surface area contributed by atoms with Gasteiger partial charge in [-0.1, -0.05) is 0 Å². The Morgan fingerprint density at radius 3 is 3.09 bits per heavy atom. The number of hydrogen-bond acceptors (Lipinski definition) is 3. The summed E-state index contributed by atoms with van der Waals surface area (Å²) in [6, 6.07) is 3.45. The Morgan fingerprint density at radius 2 is 2.27 bits per heavy atom. The van der Waals surface area contributed by atoms with E-state index in [1.54, 1.807) is 12.1 Å². The highest BCUT2D eigenvalue weighted by atomic mass is 79.9. The lowest BCUT2D eigenvalue weighted by molar-refractivity contribution is 0.477. The third kappa shape index (κ3) is 0.903. The van der Waals surface area contributed by atoms with E-state index in [4.69, 9.17) is 4.42 Å². The summed E-state index contributed by atoms with van der Waals surface area (Å²) in [6.07, 6.45) is 1.30. The molecular formula is C7H4BrNO2. The molecule has 0 fully saturated rings. The molecule has 0 aliphatic rings. The van der Waals surface area contributed by atoms with E-state index < -0.39 is 0 Å². The molecule has 0 saturated carbocycles. The molecule has 2 rings (SSSR count). The SMILES string of the molecule is Oc1c(Br)ccc2ocnc12. The van der Waals surface area contributed by atoms with Crippen molar-refractivity contribution in [3.63, 3.8) is 0 Å². The maximum absolute atomic E-state index is 9.38. The Morgan fingerprint density at radius 1 is 1.45 bits per heavy atom. The summed E-state index contributed by atoms with van der Waals surface area (Å²) >= 11 is 3.17. The van der Waals surface area contributed by atoms with Crippen LogP contribution in [0.3, 0.4) is 0 Å². The Kier molecular flexibility index (Phi) is 1.35. The van der Waals surface area contributed by atoms with Crippen molar-refractivity contribution in [2.75, 3.05) is 0 Å². The minimum atomic E-state index is 0.122. The highest BCUT2D eigenvalue weighted by Crippen LogP contribution is 2.30. The minimum absolute atomic E-state index is 0.122. The van der Waals surface area contributed by atoms with Crippen LogP contribution in [0.25, 0.3) is 11.1 Å². The molecule has 1 aromatic carbocycles. The summed E-state index contributed by atoms with van der Waals surface area (Å²) < 4.78 is 5.59. The van der Waals surface area contributed by atoms with Crippen molar-refractivity contribution in [3.8, 4) is 5.75 Å². The monoisotopic (exact) mass is 213 g/mol. The van der Waals surface area contributed by atoms with Gasteiger partial charge >= 0.3 is 0 Å². The van der Waals surface area contributed by atoms with Crippen LogP contribution in [0.4, 0.5) is 0 Å². The average molecular weight is 214 g/mol. The summed E-state index contributed by atoms with van der Waals surface area (Å²) in [5.74, 6) is 0.122. The van der Waals surface area contributed by atoms with Crippen molar-refractivity contribution >= 4 is 27.0 Å². The molecule has 1 N–H and O–H groups in total. The number of nitrogens with zero attached hydrogens (tertiary/aromatic N) is 1. The quantitative estimate of drug-likeness (QED) is 0.731. The van der Waals surface area contributed by atoms with Crippen molar-refractivity contribution in [1.29, 1.82) is 0 Å². The molecule has 0 aliphatic carbocycles. The Labute approximate surface area is 70.8 Å². The first-order valence-electron chi connectivity index (χ1n) is 2.99. The topological polar surface area (TPSA) is 46.3 Å². The van der Waals surface area contributed by atoms with Gasteiger partial charge in [-0.05, 0) is 28.1 Å². The molecule has 0 bridgehead atoms. The smallest absolute Gasteiger partial charge is 0.182 e. The predicted molar refractivity (Wildman–Crippen MR) is 43.4 cm³/mol. The van der Waals surface area contributed by atoms with Gasteiger partial charge in [0.15, 0.2) is 23.2 Å². The molecule has 4 heteroatoms. The van der Waals surface area contributed by atoms with Gasteiger partial charge in [-0.3, -0.25) is 0 Å². The van der Waals surface area contributed by atoms with Gasteiger partial charge in [0.2, 0.25) is 0 Å². The molecule has 0 spiro atoms. The van der Waals surface area contributed by atoms with Crippen molar-refractivity contribution in [2.24, 2.45) is 0 Å². The standard InChI is InChI=1S/C7H4BrNO2/c8-4-1-2-5-6(7(4)10)9-3-11-5/h1-3,10H. The zero-order valence-corrected chi connectivity index (χ0v) is 7.00. The predicted octanol–water partition coefficient (Wildman–Crippen LogP) is 2.30. The van der Waals surface area contributed by atoms with Crippen LogP contribution in [0.2, 0.25) is 0 Å². The van der Waals surface area contributed by atoms with E-state index in [0.29, 0.717) is 15.6 Å². The van der Waals surface area contributed by atoms with Gasteiger partial charge in [0.1, 0.15) is 0 Å². The van der Waals surface area contributed by atoms with Gasteiger partial charge in [0.25, 0.3) is 0 Å². The normalized spacial score (nSPS) is 10.6. The first-order valence-corrected chi connectivity index (χ1v) is 3.79. The van der Waals surface area contributed by atoms with E-state index in [1.807, 2.05) is 0 Å². The van der Waals surface area contributed by atoms with Gasteiger partial charge in [-0.15, -0.1) is 0 Å². The molecule has 56 valence electrons. The second-order valence-electron chi connectivity index (χ2n) is 2.10. The fourth-order valence-corrected chi connectivity index (χ4v) is 1.21. The molecule has 0 unspecified atom stereocenters. The highest BCUT2D eigenvalue weighted by molar-refractivity contribution is 9.10. The van der Waals surface area contributed by atoms with Crippen LogP contribution < -0.4 is 0 Å². The lowest BCUT2D eigenvalue weighted by Crippen LogP contribution is -1.71. The van der Waals surface area contributed by atoms with Crippen LogP contribution in [0, 0.1) is 0 Å². The van der Waals surface area contributed by atoms with Crippen LogP contribution in [0.15, 0.2) is 27.4 Å². The molecule has 1 heterocycles. The van der Waals surface area contributed by atoms with Crippen LogP contribution in [-0.4, -0.2) is 10.1 Å². The van der Waals surface area contributed by atoms with Crippen LogP contribution in [0.5, 0.6) is 5.75 Å². The van der Waals surface area contributed by atoms with Gasteiger partial charge < -0.3 is 9.52 Å². The van der Waals surface area contributed by atoms with Crippen molar-refractivity contribution in [1.82, 2.24) is 4.98 Å². The van der Waals surface area contributed by atoms with E-state index in [-0.39, 0.29) is 5.75 Å². The fraction of sp³-hybridized carbons (Fsp3) is 0. The van der Waals surface area contributed by atoms with Gasteiger partial charge in [0, 0.05) is 0 Å². The molecule has 0 saturated heterocycles. The number of rotatable bonds is 0. The molecular weight excluding hydrogens is 210 g/mol. The third-order valence-electron chi connectivity index (χ3n) is 1.43. The molecule has 0 radical (unpaired) electrons. The lowest BCUT2D eigenvalue weighted by atomic mass is 10.3. The number of aromatic hydroxyl groups is 1. The number of phenols is 1. The molecule has 0 aliphatic heterocycles. The number of phenolic OH excluding ortho intramolecular Hbond substituents is 1. The van der Waals surface area contributed by atoms with Crippen LogP contribution in [0.1, 0.15) is 0 Å². The van der Waals surface area contributed by atoms with Gasteiger partial charge in [0.05, 0.1) is 4.47 Å². The second-order valence-corrected chi connectivity index (χ2v) is 2.95. The molecule has 3 nitrogen and oxygen atoms in total. The van der Waals surface area contributed by atoms with Crippen LogP contribution in [-0.2, 0) is 0 Å². The maximum Gasteiger partial charge on any atom is 0.182 e. The van der Waals surface area contributed by atoms with E-state index in [2.05, 4.69) is 20.9 Å². The third-order valence-corrected chi connectivity index (χ3v) is 2.07. The summed E-state index contributed by atoms with van der Waals surface area (Å²) in [5, 5.41) is 9.38. The van der Waals surface area contributed by atoms with E-state index >= 15 is 0 Å². The average Bonchev–Trinajstić information content (AvgIpc) is 2.45. The Balaban J connectivity index is 2.93. The van der Waals surface area contributed by atoms with Crippen molar-refractivity contribution in [3.05, 3.63) is 23.0 Å².